The summed E-state index contributed by atoms with van der Waals surface area (Å²) in [7, 11) is -3.71. The van der Waals surface area contributed by atoms with Gasteiger partial charge in [0.15, 0.2) is 0 Å². The Morgan fingerprint density at radius 1 is 1.35 bits per heavy atom. The molecule has 1 N–H and O–H groups in total. The quantitative estimate of drug-likeness (QED) is 0.922. The van der Waals surface area contributed by atoms with E-state index >= 15 is 0 Å². The minimum Gasteiger partial charge on any atom is -0.264 e. The van der Waals surface area contributed by atoms with Crippen molar-refractivity contribution in [2.75, 3.05) is 4.72 Å². The monoisotopic (exact) mass is 313 g/mol. The average molecular weight is 314 g/mol. The lowest BCUT2D eigenvalue weighted by atomic mass is 10.2. The molecule has 0 aliphatic heterocycles. The zero-order chi connectivity index (χ0) is 14.8. The Morgan fingerprint density at radius 2 is 2.10 bits per heavy atom. The molecule has 0 amide bonds. The molecule has 0 aliphatic carbocycles. The van der Waals surface area contributed by atoms with Crippen molar-refractivity contribution in [3.63, 3.8) is 0 Å². The molecular formula is C13H16ClN3O2S. The van der Waals surface area contributed by atoms with Crippen molar-refractivity contribution >= 4 is 27.4 Å². The van der Waals surface area contributed by atoms with Gasteiger partial charge in [0.25, 0.3) is 10.0 Å². The number of benzene rings is 1. The van der Waals surface area contributed by atoms with E-state index in [0.29, 0.717) is 12.4 Å². The Hall–Kier alpha value is -1.53. The van der Waals surface area contributed by atoms with Crippen LogP contribution in [0.5, 0.6) is 0 Å². The summed E-state index contributed by atoms with van der Waals surface area (Å²) in [5.74, 6) is 0.434. The Balaban J connectivity index is 2.33. The number of hydrogen-bond acceptors (Lipinski definition) is 3. The number of rotatable bonds is 5. The molecule has 0 unspecified atom stereocenters. The van der Waals surface area contributed by atoms with Gasteiger partial charge in [-0.1, -0.05) is 24.6 Å². The van der Waals surface area contributed by atoms with Gasteiger partial charge >= 0.3 is 0 Å². The Bertz CT molecular complexity index is 710. The fourth-order valence-corrected chi connectivity index (χ4v) is 3.49. The lowest BCUT2D eigenvalue weighted by Gasteiger charge is -2.11. The van der Waals surface area contributed by atoms with Gasteiger partial charge in [0, 0.05) is 12.6 Å². The first kappa shape index (κ1) is 14.9. The number of sulfonamides is 1. The van der Waals surface area contributed by atoms with Crippen molar-refractivity contribution < 1.29 is 8.42 Å². The highest BCUT2D eigenvalue weighted by atomic mass is 35.5. The first-order valence-corrected chi connectivity index (χ1v) is 8.11. The van der Waals surface area contributed by atoms with E-state index in [1.54, 1.807) is 29.1 Å². The second-order valence-electron chi connectivity index (χ2n) is 4.48. The number of hydrogen-bond donors (Lipinski definition) is 1. The molecule has 0 atom stereocenters. The van der Waals surface area contributed by atoms with Gasteiger partial charge in [-0.05, 0) is 31.0 Å². The van der Waals surface area contributed by atoms with E-state index in [1.165, 1.54) is 6.07 Å². The van der Waals surface area contributed by atoms with Crippen LogP contribution in [0.25, 0.3) is 0 Å². The number of aromatic nitrogens is 2. The van der Waals surface area contributed by atoms with Gasteiger partial charge < -0.3 is 0 Å². The number of nitrogens with zero attached hydrogens (tertiary/aromatic N) is 2. The summed E-state index contributed by atoms with van der Waals surface area (Å²) in [4.78, 5) is 0.0639. The predicted molar refractivity (Wildman–Crippen MR) is 79.5 cm³/mol. The van der Waals surface area contributed by atoms with Crippen molar-refractivity contribution in [2.24, 2.45) is 0 Å². The van der Waals surface area contributed by atoms with E-state index in [9.17, 15) is 8.42 Å². The predicted octanol–water partition coefficient (Wildman–Crippen LogP) is 3.06. The zero-order valence-electron chi connectivity index (χ0n) is 11.3. The highest BCUT2D eigenvalue weighted by Gasteiger charge is 2.19. The highest BCUT2D eigenvalue weighted by Crippen LogP contribution is 2.24. The first-order chi connectivity index (χ1) is 9.44. The fraction of sp³-hybridized carbons (Fsp3) is 0.308. The normalized spacial score (nSPS) is 11.6. The molecule has 1 heterocycles. The van der Waals surface area contributed by atoms with Crippen LogP contribution in [0.3, 0.4) is 0 Å². The molecular weight excluding hydrogens is 298 g/mol. The molecule has 108 valence electrons. The number of nitrogens with one attached hydrogen (secondary N) is 1. The summed E-state index contributed by atoms with van der Waals surface area (Å²) >= 11 is 6.01. The lowest BCUT2D eigenvalue weighted by molar-refractivity contribution is 0.593. The van der Waals surface area contributed by atoms with E-state index in [2.05, 4.69) is 9.82 Å². The maximum Gasteiger partial charge on any atom is 0.264 e. The van der Waals surface area contributed by atoms with Crippen LogP contribution in [0.15, 0.2) is 35.4 Å². The smallest absolute Gasteiger partial charge is 0.264 e. The Kier molecular flexibility index (Phi) is 4.35. The average Bonchev–Trinajstić information content (AvgIpc) is 2.76. The zero-order valence-corrected chi connectivity index (χ0v) is 12.9. The first-order valence-electron chi connectivity index (χ1n) is 6.25. The topological polar surface area (TPSA) is 64.0 Å². The van der Waals surface area contributed by atoms with E-state index in [-0.39, 0.29) is 9.92 Å². The van der Waals surface area contributed by atoms with Gasteiger partial charge in [-0.3, -0.25) is 4.72 Å². The van der Waals surface area contributed by atoms with Crippen LogP contribution in [0.4, 0.5) is 5.82 Å². The van der Waals surface area contributed by atoms with Crippen LogP contribution in [0.1, 0.15) is 18.9 Å². The van der Waals surface area contributed by atoms with Gasteiger partial charge in [-0.25, -0.2) is 13.1 Å². The molecule has 5 nitrogen and oxygen atoms in total. The van der Waals surface area contributed by atoms with Crippen LogP contribution in [-0.4, -0.2) is 18.2 Å². The van der Waals surface area contributed by atoms with Crippen LogP contribution in [-0.2, 0) is 16.6 Å². The molecule has 0 saturated carbocycles. The molecule has 2 rings (SSSR count). The summed E-state index contributed by atoms with van der Waals surface area (Å²) in [6.45, 7) is 4.50. The van der Waals surface area contributed by atoms with E-state index in [4.69, 9.17) is 11.6 Å². The molecule has 1 aromatic heterocycles. The number of aryl methyl sites for hydroxylation is 2. The summed E-state index contributed by atoms with van der Waals surface area (Å²) in [6, 6.07) is 6.46. The maximum atomic E-state index is 12.4. The standard InChI is InChI=1S/C13H16ClN3O2S/c1-3-8-17-13(6-7-15-17)16-20(18,19)12-5-4-10(2)9-11(12)14/h4-7,9,16H,3,8H2,1-2H3. The summed E-state index contributed by atoms with van der Waals surface area (Å²) < 4.78 is 28.8. The van der Waals surface area contributed by atoms with E-state index < -0.39 is 10.0 Å². The molecule has 0 bridgehead atoms. The largest absolute Gasteiger partial charge is 0.264 e. The van der Waals surface area contributed by atoms with Crippen molar-refractivity contribution in [3.05, 3.63) is 41.0 Å². The van der Waals surface area contributed by atoms with Gasteiger partial charge in [-0.15, -0.1) is 0 Å². The minimum absolute atomic E-state index is 0.0639. The van der Waals surface area contributed by atoms with Crippen molar-refractivity contribution in [3.8, 4) is 0 Å². The lowest BCUT2D eigenvalue weighted by Crippen LogP contribution is -2.17. The van der Waals surface area contributed by atoms with Crippen molar-refractivity contribution in [1.29, 1.82) is 0 Å². The summed E-state index contributed by atoms with van der Waals surface area (Å²) in [5, 5.41) is 4.28. The number of anilines is 1. The molecule has 0 radical (unpaired) electrons. The SMILES string of the molecule is CCCn1nccc1NS(=O)(=O)c1ccc(C)cc1Cl. The van der Waals surface area contributed by atoms with Crippen molar-refractivity contribution in [2.45, 2.75) is 31.7 Å². The number of halogens is 1. The highest BCUT2D eigenvalue weighted by molar-refractivity contribution is 7.92. The molecule has 0 aliphatic rings. The second-order valence-corrected chi connectivity index (χ2v) is 6.54. The third-order valence-corrected chi connectivity index (χ3v) is 4.61. The molecule has 7 heteroatoms. The van der Waals surface area contributed by atoms with Gasteiger partial charge in [0.1, 0.15) is 10.7 Å². The molecule has 20 heavy (non-hydrogen) atoms. The van der Waals surface area contributed by atoms with Crippen LogP contribution in [0, 0.1) is 6.92 Å². The molecule has 2 aromatic rings. The molecule has 1 aromatic carbocycles. The maximum absolute atomic E-state index is 12.4. The van der Waals surface area contributed by atoms with Gasteiger partial charge in [-0.2, -0.15) is 5.10 Å². The summed E-state index contributed by atoms with van der Waals surface area (Å²) in [5.41, 5.74) is 0.907. The molecule has 0 saturated heterocycles. The van der Waals surface area contributed by atoms with Gasteiger partial charge in [0.2, 0.25) is 0 Å². The third kappa shape index (κ3) is 3.13. The van der Waals surface area contributed by atoms with E-state index in [0.717, 1.165) is 12.0 Å². The minimum atomic E-state index is -3.71. The van der Waals surface area contributed by atoms with Gasteiger partial charge in [0.05, 0.1) is 11.2 Å². The van der Waals surface area contributed by atoms with E-state index in [1.807, 2.05) is 13.8 Å². The Morgan fingerprint density at radius 3 is 2.75 bits per heavy atom. The fourth-order valence-electron chi connectivity index (χ4n) is 1.83. The second kappa shape index (κ2) is 5.85. The summed E-state index contributed by atoms with van der Waals surface area (Å²) in [6.07, 6.45) is 2.42. The van der Waals surface area contributed by atoms with Crippen LogP contribution >= 0.6 is 11.6 Å². The third-order valence-electron chi connectivity index (χ3n) is 2.77. The van der Waals surface area contributed by atoms with Crippen LogP contribution in [0.2, 0.25) is 5.02 Å². The Labute approximate surface area is 123 Å². The van der Waals surface area contributed by atoms with Crippen molar-refractivity contribution in [1.82, 2.24) is 9.78 Å². The molecule has 0 spiro atoms. The molecule has 0 fully saturated rings. The van der Waals surface area contributed by atoms with Crippen LogP contribution < -0.4 is 4.72 Å².